The fourth-order valence-electron chi connectivity index (χ4n) is 1.75. The number of phenolic OH excluding ortho intramolecular Hbond substituents is 1. The Bertz CT molecular complexity index is 733. The van der Waals surface area contributed by atoms with Crippen molar-refractivity contribution in [2.75, 3.05) is 6.61 Å². The number of nitrogens with zero attached hydrogens (tertiary/aromatic N) is 1. The molecule has 7 heteroatoms. The van der Waals surface area contributed by atoms with E-state index in [1.165, 1.54) is 12.3 Å². The lowest BCUT2D eigenvalue weighted by Crippen LogP contribution is -2.17. The van der Waals surface area contributed by atoms with Gasteiger partial charge >= 0.3 is 0 Å². The Morgan fingerprint density at radius 3 is 2.74 bits per heavy atom. The fraction of sp³-hybridized carbons (Fsp3) is 0.125. The predicted molar refractivity (Wildman–Crippen MR) is 93.5 cm³/mol. The van der Waals surface area contributed by atoms with Gasteiger partial charge < -0.3 is 9.84 Å². The summed E-state index contributed by atoms with van der Waals surface area (Å²) in [4.78, 5) is 11.9. The van der Waals surface area contributed by atoms with Crippen molar-refractivity contribution in [3.63, 3.8) is 0 Å². The molecule has 0 spiro atoms. The number of ether oxygens (including phenoxy) is 1. The highest BCUT2D eigenvalue weighted by Crippen LogP contribution is 2.31. The molecule has 0 aromatic heterocycles. The van der Waals surface area contributed by atoms with Crippen LogP contribution in [0.1, 0.15) is 22.8 Å². The number of aromatic hydroxyl groups is 1. The molecule has 2 N–H and O–H groups in total. The van der Waals surface area contributed by atoms with Crippen LogP contribution in [-0.4, -0.2) is 23.8 Å². The standard InChI is InChI=1S/C16H14BrClN2O3/c1-2-23-15-7-11(13(17)8-14(15)21)9-19-20-16(22)10-3-5-12(18)6-4-10/h3-9,21H,2H2,1H3,(H,20,22)/b19-9-. The van der Waals surface area contributed by atoms with Crippen molar-refractivity contribution in [1.29, 1.82) is 0 Å². The first-order valence-corrected chi connectivity index (χ1v) is 7.92. The summed E-state index contributed by atoms with van der Waals surface area (Å²) in [6, 6.07) is 9.61. The van der Waals surface area contributed by atoms with Gasteiger partial charge in [-0.05, 0) is 59.3 Å². The van der Waals surface area contributed by atoms with Gasteiger partial charge in [0.25, 0.3) is 5.91 Å². The highest BCUT2D eigenvalue weighted by Gasteiger charge is 2.08. The lowest BCUT2D eigenvalue weighted by atomic mass is 10.2. The Balaban J connectivity index is 2.09. The molecule has 0 unspecified atom stereocenters. The Hall–Kier alpha value is -2.05. The van der Waals surface area contributed by atoms with Crippen molar-refractivity contribution in [2.24, 2.45) is 5.10 Å². The van der Waals surface area contributed by atoms with Crippen LogP contribution in [0.2, 0.25) is 5.02 Å². The predicted octanol–water partition coefficient (Wildman–Crippen LogP) is 3.97. The molecule has 0 aliphatic heterocycles. The number of rotatable bonds is 5. The minimum atomic E-state index is -0.349. The number of hydrogen-bond acceptors (Lipinski definition) is 4. The number of amides is 1. The van der Waals surface area contributed by atoms with Gasteiger partial charge in [-0.2, -0.15) is 5.10 Å². The third-order valence-electron chi connectivity index (χ3n) is 2.85. The molecule has 0 aliphatic rings. The quantitative estimate of drug-likeness (QED) is 0.592. The summed E-state index contributed by atoms with van der Waals surface area (Å²) in [5.41, 5.74) is 3.53. The van der Waals surface area contributed by atoms with Crippen LogP contribution < -0.4 is 10.2 Å². The minimum absolute atomic E-state index is 0.0288. The maximum atomic E-state index is 11.9. The van der Waals surface area contributed by atoms with Gasteiger partial charge in [-0.25, -0.2) is 5.43 Å². The van der Waals surface area contributed by atoms with E-state index >= 15 is 0 Å². The number of halogens is 2. The summed E-state index contributed by atoms with van der Waals surface area (Å²) in [6.07, 6.45) is 1.46. The Labute approximate surface area is 147 Å². The SMILES string of the molecule is CCOc1cc(/C=N\NC(=O)c2ccc(Cl)cc2)c(Br)cc1O. The molecule has 0 bridgehead atoms. The van der Waals surface area contributed by atoms with E-state index < -0.39 is 0 Å². The Kier molecular flexibility index (Phi) is 6.01. The number of carbonyl (C=O) groups excluding carboxylic acids is 1. The first-order valence-electron chi connectivity index (χ1n) is 6.75. The average Bonchev–Trinajstić information content (AvgIpc) is 2.52. The van der Waals surface area contributed by atoms with E-state index in [2.05, 4.69) is 26.5 Å². The molecule has 0 aliphatic carbocycles. The topological polar surface area (TPSA) is 70.9 Å². The van der Waals surface area contributed by atoms with Gasteiger partial charge in [0, 0.05) is 20.6 Å². The monoisotopic (exact) mass is 396 g/mol. The zero-order chi connectivity index (χ0) is 16.8. The summed E-state index contributed by atoms with van der Waals surface area (Å²) in [5, 5.41) is 14.2. The van der Waals surface area contributed by atoms with Gasteiger partial charge in [0.2, 0.25) is 0 Å². The molecule has 0 saturated carbocycles. The summed E-state index contributed by atoms with van der Waals surface area (Å²) in [6.45, 7) is 2.25. The number of hydrogen-bond donors (Lipinski definition) is 2. The third-order valence-corrected chi connectivity index (χ3v) is 3.79. The summed E-state index contributed by atoms with van der Waals surface area (Å²) in [7, 11) is 0. The van der Waals surface area contributed by atoms with Gasteiger partial charge in [-0.3, -0.25) is 4.79 Å². The van der Waals surface area contributed by atoms with Crippen molar-refractivity contribution in [3.8, 4) is 11.5 Å². The lowest BCUT2D eigenvalue weighted by Gasteiger charge is -2.08. The fourth-order valence-corrected chi connectivity index (χ4v) is 2.31. The van der Waals surface area contributed by atoms with Crippen molar-refractivity contribution < 1.29 is 14.6 Å². The van der Waals surface area contributed by atoms with Crippen molar-refractivity contribution in [2.45, 2.75) is 6.92 Å². The van der Waals surface area contributed by atoms with E-state index in [9.17, 15) is 9.90 Å². The van der Waals surface area contributed by atoms with E-state index in [1.807, 2.05) is 6.92 Å². The van der Waals surface area contributed by atoms with Crippen LogP contribution >= 0.6 is 27.5 Å². The van der Waals surface area contributed by atoms with Gasteiger partial charge in [0.15, 0.2) is 11.5 Å². The zero-order valence-corrected chi connectivity index (χ0v) is 14.6. The smallest absolute Gasteiger partial charge is 0.271 e. The van der Waals surface area contributed by atoms with Crippen molar-refractivity contribution >= 4 is 39.7 Å². The molecular weight excluding hydrogens is 384 g/mol. The second-order valence-electron chi connectivity index (χ2n) is 4.48. The van der Waals surface area contributed by atoms with E-state index in [0.717, 1.165) is 0 Å². The molecule has 0 radical (unpaired) electrons. The number of nitrogens with one attached hydrogen (secondary N) is 1. The average molecular weight is 398 g/mol. The maximum Gasteiger partial charge on any atom is 0.271 e. The normalized spacial score (nSPS) is 10.7. The van der Waals surface area contributed by atoms with Crippen LogP contribution in [-0.2, 0) is 0 Å². The van der Waals surface area contributed by atoms with E-state index in [4.69, 9.17) is 16.3 Å². The summed E-state index contributed by atoms with van der Waals surface area (Å²) in [5.74, 6) is 0.0279. The first kappa shape index (κ1) is 17.3. The molecule has 2 aromatic rings. The van der Waals surface area contributed by atoms with Crippen molar-refractivity contribution in [3.05, 3.63) is 57.0 Å². The minimum Gasteiger partial charge on any atom is -0.504 e. The molecule has 120 valence electrons. The highest BCUT2D eigenvalue weighted by molar-refractivity contribution is 9.10. The molecule has 2 aromatic carbocycles. The van der Waals surface area contributed by atoms with Crippen LogP contribution in [0, 0.1) is 0 Å². The van der Waals surface area contributed by atoms with Gasteiger partial charge in [0.1, 0.15) is 0 Å². The molecule has 2 rings (SSSR count). The Morgan fingerprint density at radius 2 is 2.09 bits per heavy atom. The second-order valence-corrected chi connectivity index (χ2v) is 5.77. The van der Waals surface area contributed by atoms with Crippen LogP contribution in [0.4, 0.5) is 0 Å². The molecule has 0 fully saturated rings. The third kappa shape index (κ3) is 4.71. The van der Waals surface area contributed by atoms with Crippen LogP contribution in [0.5, 0.6) is 11.5 Å². The van der Waals surface area contributed by atoms with Gasteiger partial charge in [0.05, 0.1) is 12.8 Å². The van der Waals surface area contributed by atoms with Crippen molar-refractivity contribution in [1.82, 2.24) is 5.43 Å². The number of phenols is 1. The number of carbonyl (C=O) groups is 1. The molecule has 5 nitrogen and oxygen atoms in total. The zero-order valence-electron chi connectivity index (χ0n) is 12.2. The Morgan fingerprint density at radius 1 is 1.39 bits per heavy atom. The molecule has 0 saturated heterocycles. The molecule has 0 atom stereocenters. The van der Waals surface area contributed by atoms with E-state index in [-0.39, 0.29) is 11.7 Å². The van der Waals surface area contributed by atoms with E-state index in [1.54, 1.807) is 30.3 Å². The van der Waals surface area contributed by atoms with Gasteiger partial charge in [-0.15, -0.1) is 0 Å². The second kappa shape index (κ2) is 7.99. The van der Waals surface area contributed by atoms with E-state index in [0.29, 0.717) is 33.0 Å². The number of hydrazone groups is 1. The first-order chi connectivity index (χ1) is 11.0. The van der Waals surface area contributed by atoms with Crippen LogP contribution in [0.3, 0.4) is 0 Å². The number of benzene rings is 2. The maximum absolute atomic E-state index is 11.9. The summed E-state index contributed by atoms with van der Waals surface area (Å²) >= 11 is 9.09. The van der Waals surface area contributed by atoms with Gasteiger partial charge in [-0.1, -0.05) is 11.6 Å². The largest absolute Gasteiger partial charge is 0.504 e. The molecule has 0 heterocycles. The van der Waals surface area contributed by atoms with Crippen LogP contribution in [0.15, 0.2) is 46.0 Å². The lowest BCUT2D eigenvalue weighted by molar-refractivity contribution is 0.0955. The molecule has 1 amide bonds. The highest BCUT2D eigenvalue weighted by atomic mass is 79.9. The summed E-state index contributed by atoms with van der Waals surface area (Å²) < 4.78 is 5.94. The molecular formula is C16H14BrClN2O3. The van der Waals surface area contributed by atoms with Crippen LogP contribution in [0.25, 0.3) is 0 Å². The molecule has 23 heavy (non-hydrogen) atoms.